The standard InChI is InChI=1S/C18H19ClN2O4S/c1-25-16-5-3-2-4-15(16)21-26(23,24)17-10-13(8-9-14(17)19)18(22)20-11-12-6-7-12/h2-5,8-10,12,21H,6-7,11H2,1H3,(H,20,22). The number of hydrogen-bond donors (Lipinski definition) is 2. The topological polar surface area (TPSA) is 84.5 Å². The fraction of sp³-hybridized carbons (Fsp3) is 0.278. The SMILES string of the molecule is COc1ccccc1NS(=O)(=O)c1cc(C(=O)NCC2CC2)ccc1Cl. The Labute approximate surface area is 157 Å². The highest BCUT2D eigenvalue weighted by atomic mass is 35.5. The van der Waals surface area contributed by atoms with E-state index in [2.05, 4.69) is 10.0 Å². The van der Waals surface area contributed by atoms with Gasteiger partial charge in [0.15, 0.2) is 0 Å². The van der Waals surface area contributed by atoms with E-state index in [1.54, 1.807) is 24.3 Å². The van der Waals surface area contributed by atoms with Crippen LogP contribution in [0.1, 0.15) is 23.2 Å². The maximum absolute atomic E-state index is 12.8. The van der Waals surface area contributed by atoms with Crippen molar-refractivity contribution in [2.24, 2.45) is 5.92 Å². The summed E-state index contributed by atoms with van der Waals surface area (Å²) in [7, 11) is -2.54. The Morgan fingerprint density at radius 2 is 1.96 bits per heavy atom. The number of ether oxygens (including phenoxy) is 1. The molecule has 1 aliphatic carbocycles. The van der Waals surface area contributed by atoms with Crippen molar-refractivity contribution in [1.29, 1.82) is 0 Å². The van der Waals surface area contributed by atoms with E-state index in [4.69, 9.17) is 16.3 Å². The molecule has 0 saturated heterocycles. The van der Waals surface area contributed by atoms with Crippen LogP contribution >= 0.6 is 11.6 Å². The van der Waals surface area contributed by atoms with Gasteiger partial charge in [0.1, 0.15) is 10.6 Å². The van der Waals surface area contributed by atoms with Crippen LogP contribution in [0.3, 0.4) is 0 Å². The molecule has 2 N–H and O–H groups in total. The van der Waals surface area contributed by atoms with Gasteiger partial charge < -0.3 is 10.1 Å². The van der Waals surface area contributed by atoms with Crippen molar-refractivity contribution in [2.75, 3.05) is 18.4 Å². The molecule has 0 unspecified atom stereocenters. The van der Waals surface area contributed by atoms with Crippen LogP contribution in [-0.2, 0) is 10.0 Å². The quantitative estimate of drug-likeness (QED) is 0.754. The molecule has 2 aromatic rings. The molecule has 0 radical (unpaired) electrons. The number of para-hydroxylation sites is 2. The molecule has 6 nitrogen and oxygen atoms in total. The van der Waals surface area contributed by atoms with E-state index in [0.29, 0.717) is 18.2 Å². The number of amides is 1. The number of sulfonamides is 1. The summed E-state index contributed by atoms with van der Waals surface area (Å²) in [5.74, 6) is 0.592. The van der Waals surface area contributed by atoms with Crippen molar-refractivity contribution < 1.29 is 17.9 Å². The molecule has 26 heavy (non-hydrogen) atoms. The van der Waals surface area contributed by atoms with Gasteiger partial charge in [-0.25, -0.2) is 8.42 Å². The Morgan fingerprint density at radius 1 is 1.23 bits per heavy atom. The smallest absolute Gasteiger partial charge is 0.263 e. The molecule has 0 aliphatic heterocycles. The lowest BCUT2D eigenvalue weighted by molar-refractivity contribution is 0.0951. The van der Waals surface area contributed by atoms with Gasteiger partial charge in [0, 0.05) is 12.1 Å². The molecule has 0 heterocycles. The summed E-state index contributed by atoms with van der Waals surface area (Å²) < 4.78 is 33.1. The summed E-state index contributed by atoms with van der Waals surface area (Å²) >= 11 is 6.08. The first-order chi connectivity index (χ1) is 12.4. The van der Waals surface area contributed by atoms with E-state index in [0.717, 1.165) is 12.8 Å². The summed E-state index contributed by atoms with van der Waals surface area (Å²) in [6, 6.07) is 10.8. The van der Waals surface area contributed by atoms with Gasteiger partial charge in [0.25, 0.3) is 15.9 Å². The fourth-order valence-electron chi connectivity index (χ4n) is 2.44. The van der Waals surface area contributed by atoms with E-state index >= 15 is 0 Å². The number of halogens is 1. The molecule has 1 aliphatic rings. The average Bonchev–Trinajstić information content (AvgIpc) is 3.44. The highest BCUT2D eigenvalue weighted by molar-refractivity contribution is 7.92. The number of carbonyl (C=O) groups excluding carboxylic acids is 1. The third kappa shape index (κ3) is 4.28. The van der Waals surface area contributed by atoms with E-state index < -0.39 is 10.0 Å². The second-order valence-electron chi connectivity index (χ2n) is 6.10. The van der Waals surface area contributed by atoms with E-state index in [-0.39, 0.29) is 27.1 Å². The minimum Gasteiger partial charge on any atom is -0.495 e. The number of benzene rings is 2. The van der Waals surface area contributed by atoms with Crippen molar-refractivity contribution >= 4 is 33.2 Å². The van der Waals surface area contributed by atoms with Crippen molar-refractivity contribution in [1.82, 2.24) is 5.32 Å². The Hall–Kier alpha value is -2.25. The zero-order valence-corrected chi connectivity index (χ0v) is 15.7. The predicted molar refractivity (Wildman–Crippen MR) is 100 cm³/mol. The molecule has 0 atom stereocenters. The van der Waals surface area contributed by atoms with Gasteiger partial charge in [0.2, 0.25) is 0 Å². The van der Waals surface area contributed by atoms with Gasteiger partial charge in [-0.2, -0.15) is 0 Å². The molecule has 8 heteroatoms. The van der Waals surface area contributed by atoms with Crippen LogP contribution < -0.4 is 14.8 Å². The highest BCUT2D eigenvalue weighted by Gasteiger charge is 2.24. The Morgan fingerprint density at radius 3 is 2.65 bits per heavy atom. The first-order valence-electron chi connectivity index (χ1n) is 8.14. The number of methoxy groups -OCH3 is 1. The molecule has 3 rings (SSSR count). The number of hydrogen-bond acceptors (Lipinski definition) is 4. The second-order valence-corrected chi connectivity index (χ2v) is 8.16. The summed E-state index contributed by atoms with van der Waals surface area (Å²) in [6.45, 7) is 0.600. The normalized spacial score (nSPS) is 13.9. The Balaban J connectivity index is 1.86. The number of anilines is 1. The lowest BCUT2D eigenvalue weighted by Crippen LogP contribution is -2.26. The van der Waals surface area contributed by atoms with Crippen LogP contribution in [0.25, 0.3) is 0 Å². The van der Waals surface area contributed by atoms with Crippen LogP contribution in [0, 0.1) is 5.92 Å². The number of carbonyl (C=O) groups is 1. The molecule has 0 bridgehead atoms. The number of rotatable bonds is 7. The largest absolute Gasteiger partial charge is 0.495 e. The summed E-state index contributed by atoms with van der Waals surface area (Å²) in [5.41, 5.74) is 0.533. The van der Waals surface area contributed by atoms with Crippen LogP contribution in [0.15, 0.2) is 47.4 Å². The summed E-state index contributed by atoms with van der Waals surface area (Å²) in [4.78, 5) is 12.1. The van der Waals surface area contributed by atoms with Crippen LogP contribution in [0.5, 0.6) is 5.75 Å². The average molecular weight is 395 g/mol. The van der Waals surface area contributed by atoms with Crippen LogP contribution in [0.4, 0.5) is 5.69 Å². The molecule has 1 fully saturated rings. The molecular weight excluding hydrogens is 376 g/mol. The van der Waals surface area contributed by atoms with E-state index in [1.807, 2.05) is 0 Å². The van der Waals surface area contributed by atoms with Crippen molar-refractivity contribution in [3.8, 4) is 5.75 Å². The van der Waals surface area contributed by atoms with Crippen molar-refractivity contribution in [2.45, 2.75) is 17.7 Å². The first-order valence-corrected chi connectivity index (χ1v) is 10.0. The zero-order valence-electron chi connectivity index (χ0n) is 14.2. The van der Waals surface area contributed by atoms with Gasteiger partial charge >= 0.3 is 0 Å². The van der Waals surface area contributed by atoms with E-state index in [9.17, 15) is 13.2 Å². The minimum atomic E-state index is -3.99. The molecule has 1 amide bonds. The van der Waals surface area contributed by atoms with Crippen LogP contribution in [-0.4, -0.2) is 28.0 Å². The summed E-state index contributed by atoms with van der Waals surface area (Å²) in [6.07, 6.45) is 2.23. The van der Waals surface area contributed by atoms with Gasteiger partial charge in [-0.3, -0.25) is 9.52 Å². The van der Waals surface area contributed by atoms with Gasteiger partial charge in [-0.05, 0) is 49.1 Å². The number of nitrogens with one attached hydrogen (secondary N) is 2. The lowest BCUT2D eigenvalue weighted by Gasteiger charge is -2.13. The van der Waals surface area contributed by atoms with Gasteiger partial charge in [-0.1, -0.05) is 23.7 Å². The van der Waals surface area contributed by atoms with E-state index in [1.165, 1.54) is 25.3 Å². The van der Waals surface area contributed by atoms with Crippen molar-refractivity contribution in [3.05, 3.63) is 53.1 Å². The maximum atomic E-state index is 12.8. The van der Waals surface area contributed by atoms with Gasteiger partial charge in [0.05, 0.1) is 17.8 Å². The highest BCUT2D eigenvalue weighted by Crippen LogP contribution is 2.30. The Kier molecular flexibility index (Phi) is 5.38. The third-order valence-electron chi connectivity index (χ3n) is 4.08. The monoisotopic (exact) mass is 394 g/mol. The molecule has 0 spiro atoms. The van der Waals surface area contributed by atoms with Crippen LogP contribution in [0.2, 0.25) is 5.02 Å². The molecule has 2 aromatic carbocycles. The molecule has 1 saturated carbocycles. The Bertz CT molecular complexity index is 927. The summed E-state index contributed by atoms with van der Waals surface area (Å²) in [5, 5.41) is 2.84. The molecule has 138 valence electrons. The predicted octanol–water partition coefficient (Wildman–Crippen LogP) is 3.29. The molecular formula is C18H19ClN2O4S. The first kappa shape index (κ1) is 18.5. The maximum Gasteiger partial charge on any atom is 0.263 e. The zero-order chi connectivity index (χ0) is 18.7. The van der Waals surface area contributed by atoms with Crippen molar-refractivity contribution in [3.63, 3.8) is 0 Å². The second kappa shape index (κ2) is 7.55. The third-order valence-corrected chi connectivity index (χ3v) is 5.93. The van der Waals surface area contributed by atoms with Gasteiger partial charge in [-0.15, -0.1) is 0 Å². The minimum absolute atomic E-state index is 0.0335. The fourth-order valence-corrected chi connectivity index (χ4v) is 4.04. The lowest BCUT2D eigenvalue weighted by atomic mass is 10.2. The molecule has 0 aromatic heterocycles.